The summed E-state index contributed by atoms with van der Waals surface area (Å²) >= 11 is 6.12. The zero-order chi connectivity index (χ0) is 14.0. The van der Waals surface area contributed by atoms with Crippen molar-refractivity contribution in [1.29, 1.82) is 0 Å². The Hall–Kier alpha value is -0.580. The molecule has 1 fully saturated rings. The minimum absolute atomic E-state index is 0.326. The maximum atomic E-state index is 11.7. The van der Waals surface area contributed by atoms with Crippen LogP contribution in [0.2, 0.25) is 5.02 Å². The lowest BCUT2D eigenvalue weighted by molar-refractivity contribution is 0.460. The van der Waals surface area contributed by atoms with E-state index in [1.165, 1.54) is 19.1 Å². The molecule has 0 saturated heterocycles. The minimum atomic E-state index is -3.24. The van der Waals surface area contributed by atoms with E-state index < -0.39 is 9.84 Å². The molecule has 0 spiro atoms. The van der Waals surface area contributed by atoms with E-state index in [9.17, 15) is 8.42 Å². The summed E-state index contributed by atoms with van der Waals surface area (Å²) in [6.45, 7) is 3.63. The average Bonchev–Trinajstić information content (AvgIpc) is 3.13. The van der Waals surface area contributed by atoms with E-state index in [1.54, 1.807) is 18.2 Å². The van der Waals surface area contributed by atoms with Gasteiger partial charge < -0.3 is 5.32 Å². The summed E-state index contributed by atoms with van der Waals surface area (Å²) in [6, 6.07) is 5.02. The Labute approximate surface area is 120 Å². The number of sulfone groups is 1. The van der Waals surface area contributed by atoms with Gasteiger partial charge in [0.25, 0.3) is 0 Å². The maximum absolute atomic E-state index is 11.7. The van der Waals surface area contributed by atoms with Gasteiger partial charge in [-0.1, -0.05) is 24.6 Å². The van der Waals surface area contributed by atoms with Crippen LogP contribution in [0.25, 0.3) is 0 Å². The van der Waals surface area contributed by atoms with Crippen molar-refractivity contribution in [3.05, 3.63) is 28.8 Å². The number of rotatable bonds is 6. The SMILES string of the molecule is CC(CNCc1c(Cl)cccc1S(C)(=O)=O)C1CC1. The molecular weight excluding hydrogens is 282 g/mol. The van der Waals surface area contributed by atoms with Crippen LogP contribution in [0, 0.1) is 11.8 Å². The Morgan fingerprint density at radius 2 is 2.11 bits per heavy atom. The predicted octanol–water partition coefficient (Wildman–Crippen LogP) is 2.88. The summed E-state index contributed by atoms with van der Waals surface area (Å²) in [6.07, 6.45) is 3.86. The van der Waals surface area contributed by atoms with E-state index in [2.05, 4.69) is 12.2 Å². The van der Waals surface area contributed by atoms with Crippen LogP contribution in [0.5, 0.6) is 0 Å². The van der Waals surface area contributed by atoms with Gasteiger partial charge in [0.05, 0.1) is 4.90 Å². The standard InChI is InChI=1S/C14H20ClNO2S/c1-10(11-6-7-11)8-16-9-12-13(15)4-3-5-14(12)19(2,17)18/h3-5,10-11,16H,6-9H2,1-2H3. The maximum Gasteiger partial charge on any atom is 0.175 e. The molecule has 0 radical (unpaired) electrons. The first-order chi connectivity index (χ1) is 8.89. The zero-order valence-corrected chi connectivity index (χ0v) is 12.9. The molecule has 1 aromatic carbocycles. The summed E-state index contributed by atoms with van der Waals surface area (Å²) in [5.74, 6) is 1.48. The highest BCUT2D eigenvalue weighted by Crippen LogP contribution is 2.36. The van der Waals surface area contributed by atoms with E-state index in [0.717, 1.165) is 12.5 Å². The lowest BCUT2D eigenvalue weighted by atomic mass is 10.1. The highest BCUT2D eigenvalue weighted by molar-refractivity contribution is 7.90. The first kappa shape index (κ1) is 14.8. The van der Waals surface area contributed by atoms with Crippen molar-refractivity contribution < 1.29 is 8.42 Å². The fourth-order valence-corrected chi connectivity index (χ4v) is 3.57. The van der Waals surface area contributed by atoms with Crippen molar-refractivity contribution in [2.45, 2.75) is 31.2 Å². The van der Waals surface area contributed by atoms with Crippen LogP contribution in [0.4, 0.5) is 0 Å². The molecule has 106 valence electrons. The van der Waals surface area contributed by atoms with Crippen LogP contribution < -0.4 is 5.32 Å². The van der Waals surface area contributed by atoms with Gasteiger partial charge in [0.15, 0.2) is 9.84 Å². The van der Waals surface area contributed by atoms with Crippen LogP contribution in [0.3, 0.4) is 0 Å². The second-order valence-corrected chi connectivity index (χ2v) is 7.83. The molecule has 5 heteroatoms. The molecule has 3 nitrogen and oxygen atoms in total. The lowest BCUT2D eigenvalue weighted by Gasteiger charge is -2.14. The molecule has 0 amide bonds. The first-order valence-electron chi connectivity index (χ1n) is 6.57. The van der Waals surface area contributed by atoms with Gasteiger partial charge in [-0.25, -0.2) is 8.42 Å². The van der Waals surface area contributed by atoms with Crippen LogP contribution in [0.1, 0.15) is 25.3 Å². The Morgan fingerprint density at radius 1 is 1.42 bits per heavy atom. The summed E-state index contributed by atoms with van der Waals surface area (Å²) in [5, 5.41) is 3.84. The fraction of sp³-hybridized carbons (Fsp3) is 0.571. The molecule has 0 heterocycles. The average molecular weight is 302 g/mol. The largest absolute Gasteiger partial charge is 0.312 e. The Morgan fingerprint density at radius 3 is 2.68 bits per heavy atom. The van der Waals surface area contributed by atoms with Gasteiger partial charge in [-0.15, -0.1) is 0 Å². The molecular formula is C14H20ClNO2S. The van der Waals surface area contributed by atoms with Crippen LogP contribution >= 0.6 is 11.6 Å². The van der Waals surface area contributed by atoms with E-state index >= 15 is 0 Å². The van der Waals surface area contributed by atoms with Gasteiger partial charge in [0.2, 0.25) is 0 Å². The fourth-order valence-electron chi connectivity index (χ4n) is 2.31. The smallest absolute Gasteiger partial charge is 0.175 e. The third-order valence-corrected chi connectivity index (χ3v) is 5.21. The van der Waals surface area contributed by atoms with Gasteiger partial charge in [0, 0.05) is 23.4 Å². The molecule has 0 aliphatic heterocycles. The molecule has 0 bridgehead atoms. The molecule has 1 aliphatic rings. The highest BCUT2D eigenvalue weighted by Gasteiger charge is 2.27. The number of nitrogens with one attached hydrogen (secondary N) is 1. The molecule has 1 atom stereocenters. The lowest BCUT2D eigenvalue weighted by Crippen LogP contribution is -2.23. The van der Waals surface area contributed by atoms with Crippen LogP contribution in [0.15, 0.2) is 23.1 Å². The second-order valence-electron chi connectivity index (χ2n) is 5.43. The van der Waals surface area contributed by atoms with E-state index in [0.29, 0.717) is 27.9 Å². The van der Waals surface area contributed by atoms with Gasteiger partial charge in [-0.3, -0.25) is 0 Å². The quantitative estimate of drug-likeness (QED) is 0.879. The van der Waals surface area contributed by atoms with Crippen LogP contribution in [-0.2, 0) is 16.4 Å². The van der Waals surface area contributed by atoms with Gasteiger partial charge in [-0.05, 0) is 43.4 Å². The van der Waals surface area contributed by atoms with Gasteiger partial charge in [0.1, 0.15) is 0 Å². The number of hydrogen-bond acceptors (Lipinski definition) is 3. The monoisotopic (exact) mass is 301 g/mol. The molecule has 0 aromatic heterocycles. The van der Waals surface area contributed by atoms with Crippen molar-refractivity contribution in [3.8, 4) is 0 Å². The van der Waals surface area contributed by atoms with Gasteiger partial charge >= 0.3 is 0 Å². The summed E-state index contributed by atoms with van der Waals surface area (Å²) in [5.41, 5.74) is 0.676. The molecule has 19 heavy (non-hydrogen) atoms. The first-order valence-corrected chi connectivity index (χ1v) is 8.84. The van der Waals surface area contributed by atoms with Crippen molar-refractivity contribution in [3.63, 3.8) is 0 Å². The normalized spacial score (nSPS) is 17.4. The topological polar surface area (TPSA) is 46.2 Å². The summed E-state index contributed by atoms with van der Waals surface area (Å²) < 4.78 is 23.5. The minimum Gasteiger partial charge on any atom is -0.312 e. The third kappa shape index (κ3) is 3.94. The van der Waals surface area contributed by atoms with Crippen molar-refractivity contribution in [1.82, 2.24) is 5.32 Å². The molecule has 1 N–H and O–H groups in total. The molecule has 1 saturated carbocycles. The Balaban J connectivity index is 2.06. The Bertz CT molecular complexity index is 553. The van der Waals surface area contributed by atoms with E-state index in [-0.39, 0.29) is 0 Å². The van der Waals surface area contributed by atoms with Crippen molar-refractivity contribution in [2.24, 2.45) is 11.8 Å². The van der Waals surface area contributed by atoms with E-state index in [4.69, 9.17) is 11.6 Å². The molecule has 1 aromatic rings. The van der Waals surface area contributed by atoms with Crippen LogP contribution in [-0.4, -0.2) is 21.2 Å². The second kappa shape index (κ2) is 5.81. The third-order valence-electron chi connectivity index (χ3n) is 3.67. The predicted molar refractivity (Wildman–Crippen MR) is 78.2 cm³/mol. The number of hydrogen-bond donors (Lipinski definition) is 1. The highest BCUT2D eigenvalue weighted by atomic mass is 35.5. The van der Waals surface area contributed by atoms with Gasteiger partial charge in [-0.2, -0.15) is 0 Å². The molecule has 1 aliphatic carbocycles. The van der Waals surface area contributed by atoms with E-state index in [1.807, 2.05) is 0 Å². The van der Waals surface area contributed by atoms with Crippen molar-refractivity contribution >= 4 is 21.4 Å². The summed E-state index contributed by atoms with van der Waals surface area (Å²) in [4.78, 5) is 0.326. The number of halogens is 1. The molecule has 2 rings (SSSR count). The Kier molecular flexibility index (Phi) is 4.54. The number of benzene rings is 1. The summed E-state index contributed by atoms with van der Waals surface area (Å²) in [7, 11) is -3.24. The van der Waals surface area contributed by atoms with Crippen molar-refractivity contribution in [2.75, 3.05) is 12.8 Å². The zero-order valence-electron chi connectivity index (χ0n) is 11.3. The molecule has 1 unspecified atom stereocenters.